The number of halogens is 1. The standard InChI is InChI=1S/C16H18ClN7/c1-11-4-2-3-7-24(11)15-6-5-13(17)8-14(15)19-10-12(9-18)16-20-22-23-21-16/h5-6,8,10-11,19H,2-4,7H2,1H3,(H,20,21,22,23). The third-order valence-electron chi connectivity index (χ3n) is 4.15. The summed E-state index contributed by atoms with van der Waals surface area (Å²) < 4.78 is 0. The van der Waals surface area contributed by atoms with Crippen LogP contribution < -0.4 is 10.2 Å². The number of nitriles is 1. The quantitative estimate of drug-likeness (QED) is 0.828. The molecule has 1 aliphatic heterocycles. The van der Waals surface area contributed by atoms with Crippen LogP contribution in [-0.2, 0) is 0 Å². The van der Waals surface area contributed by atoms with Gasteiger partial charge in [-0.05, 0) is 49.6 Å². The summed E-state index contributed by atoms with van der Waals surface area (Å²) in [6.45, 7) is 3.24. The Balaban J connectivity index is 1.90. The molecule has 2 heterocycles. The Morgan fingerprint density at radius 3 is 3.08 bits per heavy atom. The van der Waals surface area contributed by atoms with Crippen molar-refractivity contribution in [3.63, 3.8) is 0 Å². The van der Waals surface area contributed by atoms with Crippen molar-refractivity contribution in [3.8, 4) is 6.07 Å². The second kappa shape index (κ2) is 7.32. The number of aromatic nitrogens is 4. The maximum absolute atomic E-state index is 9.27. The number of anilines is 2. The molecule has 0 saturated carbocycles. The van der Waals surface area contributed by atoms with Crippen molar-refractivity contribution in [2.45, 2.75) is 32.2 Å². The van der Waals surface area contributed by atoms with E-state index >= 15 is 0 Å². The first-order chi connectivity index (χ1) is 11.7. The summed E-state index contributed by atoms with van der Waals surface area (Å²) in [4.78, 5) is 2.37. The minimum Gasteiger partial charge on any atom is -0.367 e. The summed E-state index contributed by atoms with van der Waals surface area (Å²) in [6, 6.07) is 8.30. The van der Waals surface area contributed by atoms with Crippen molar-refractivity contribution in [2.75, 3.05) is 16.8 Å². The van der Waals surface area contributed by atoms with E-state index in [-0.39, 0.29) is 5.82 Å². The monoisotopic (exact) mass is 343 g/mol. The van der Waals surface area contributed by atoms with E-state index in [0.29, 0.717) is 16.6 Å². The lowest BCUT2D eigenvalue weighted by Gasteiger charge is -2.36. The molecule has 1 unspecified atom stereocenters. The van der Waals surface area contributed by atoms with E-state index in [0.717, 1.165) is 17.9 Å². The van der Waals surface area contributed by atoms with Crippen molar-refractivity contribution >= 4 is 28.5 Å². The van der Waals surface area contributed by atoms with Gasteiger partial charge in [0.2, 0.25) is 5.82 Å². The number of hydrogen-bond donors (Lipinski definition) is 2. The SMILES string of the molecule is CC1CCCCN1c1ccc(Cl)cc1NC=C(C#N)c1nn[nH]n1. The number of H-pyrrole nitrogens is 1. The predicted octanol–water partition coefficient (Wildman–Crippen LogP) is 3.21. The fourth-order valence-corrected chi connectivity index (χ4v) is 3.08. The van der Waals surface area contributed by atoms with Crippen LogP contribution in [0.4, 0.5) is 11.4 Å². The van der Waals surface area contributed by atoms with Gasteiger partial charge in [0.05, 0.1) is 11.4 Å². The molecule has 0 radical (unpaired) electrons. The molecule has 8 heteroatoms. The van der Waals surface area contributed by atoms with Crippen LogP contribution in [-0.4, -0.2) is 33.2 Å². The maximum Gasteiger partial charge on any atom is 0.216 e. The molecule has 1 aromatic carbocycles. The number of nitrogens with zero attached hydrogens (tertiary/aromatic N) is 5. The van der Waals surface area contributed by atoms with Crippen molar-refractivity contribution in [3.05, 3.63) is 35.2 Å². The number of nitrogens with one attached hydrogen (secondary N) is 2. The Bertz CT molecular complexity index is 763. The van der Waals surface area contributed by atoms with Crippen molar-refractivity contribution in [1.82, 2.24) is 20.6 Å². The molecule has 1 fully saturated rings. The summed E-state index contributed by atoms with van der Waals surface area (Å²) in [6.07, 6.45) is 5.18. The van der Waals surface area contributed by atoms with Gasteiger partial charge in [0.15, 0.2) is 0 Å². The van der Waals surface area contributed by atoms with E-state index < -0.39 is 0 Å². The van der Waals surface area contributed by atoms with Crippen LogP contribution in [0.1, 0.15) is 32.0 Å². The first kappa shape index (κ1) is 16.3. The maximum atomic E-state index is 9.27. The van der Waals surface area contributed by atoms with Gasteiger partial charge in [0.1, 0.15) is 11.6 Å². The Kier molecular flexibility index (Phi) is 4.96. The number of aromatic amines is 1. The van der Waals surface area contributed by atoms with Crippen LogP contribution >= 0.6 is 11.6 Å². The molecule has 0 spiro atoms. The van der Waals surface area contributed by atoms with Gasteiger partial charge in [-0.25, -0.2) is 0 Å². The lowest BCUT2D eigenvalue weighted by atomic mass is 10.0. The second-order valence-electron chi connectivity index (χ2n) is 5.75. The average Bonchev–Trinajstić information content (AvgIpc) is 3.11. The van der Waals surface area contributed by atoms with E-state index in [1.54, 1.807) is 6.20 Å². The highest BCUT2D eigenvalue weighted by Crippen LogP contribution is 2.33. The minimum absolute atomic E-state index is 0.250. The van der Waals surface area contributed by atoms with Gasteiger partial charge in [-0.2, -0.15) is 10.5 Å². The highest BCUT2D eigenvalue weighted by Gasteiger charge is 2.21. The van der Waals surface area contributed by atoms with Crippen molar-refractivity contribution in [1.29, 1.82) is 5.26 Å². The lowest BCUT2D eigenvalue weighted by Crippen LogP contribution is -2.37. The molecule has 0 aliphatic carbocycles. The lowest BCUT2D eigenvalue weighted by molar-refractivity contribution is 0.485. The highest BCUT2D eigenvalue weighted by atomic mass is 35.5. The Morgan fingerprint density at radius 2 is 2.38 bits per heavy atom. The van der Waals surface area contributed by atoms with Gasteiger partial charge in [-0.1, -0.05) is 11.6 Å². The second-order valence-corrected chi connectivity index (χ2v) is 6.19. The zero-order valence-corrected chi connectivity index (χ0v) is 14.1. The number of allylic oxidation sites excluding steroid dienone is 1. The number of rotatable bonds is 4. The van der Waals surface area contributed by atoms with Crippen LogP contribution in [0.3, 0.4) is 0 Å². The molecule has 0 amide bonds. The number of piperidine rings is 1. The number of benzene rings is 1. The van der Waals surface area contributed by atoms with E-state index in [2.05, 4.69) is 43.8 Å². The molecule has 2 aromatic rings. The Labute approximate surface area is 145 Å². The van der Waals surface area contributed by atoms with Gasteiger partial charge in [-0.15, -0.1) is 10.2 Å². The first-order valence-electron chi connectivity index (χ1n) is 7.86. The summed E-state index contributed by atoms with van der Waals surface area (Å²) in [5, 5.41) is 26.6. The fourth-order valence-electron chi connectivity index (χ4n) is 2.90. The smallest absolute Gasteiger partial charge is 0.216 e. The third kappa shape index (κ3) is 3.49. The topological polar surface area (TPSA) is 93.5 Å². The predicted molar refractivity (Wildman–Crippen MR) is 93.5 cm³/mol. The molecule has 24 heavy (non-hydrogen) atoms. The van der Waals surface area contributed by atoms with Gasteiger partial charge in [0, 0.05) is 23.8 Å². The highest BCUT2D eigenvalue weighted by molar-refractivity contribution is 6.31. The van der Waals surface area contributed by atoms with Crippen LogP contribution in [0.15, 0.2) is 24.4 Å². The summed E-state index contributed by atoms with van der Waals surface area (Å²) in [5.41, 5.74) is 2.22. The molecule has 124 valence electrons. The van der Waals surface area contributed by atoms with E-state index in [4.69, 9.17) is 11.6 Å². The van der Waals surface area contributed by atoms with Crippen LogP contribution in [0.5, 0.6) is 0 Å². The number of hydrogen-bond acceptors (Lipinski definition) is 6. The van der Waals surface area contributed by atoms with Gasteiger partial charge in [-0.3, -0.25) is 0 Å². The normalized spacial score (nSPS) is 18.3. The molecule has 7 nitrogen and oxygen atoms in total. The number of tetrazole rings is 1. The zero-order valence-electron chi connectivity index (χ0n) is 13.3. The summed E-state index contributed by atoms with van der Waals surface area (Å²) >= 11 is 6.16. The molecule has 1 aliphatic rings. The Morgan fingerprint density at radius 1 is 1.50 bits per heavy atom. The average molecular weight is 344 g/mol. The molecule has 1 atom stereocenters. The summed E-state index contributed by atoms with van der Waals surface area (Å²) in [5.74, 6) is 0.250. The molecule has 1 saturated heterocycles. The molecular weight excluding hydrogens is 326 g/mol. The van der Waals surface area contributed by atoms with E-state index in [1.807, 2.05) is 18.2 Å². The molecule has 1 aromatic heterocycles. The molecule has 2 N–H and O–H groups in total. The van der Waals surface area contributed by atoms with Gasteiger partial charge >= 0.3 is 0 Å². The van der Waals surface area contributed by atoms with E-state index in [1.165, 1.54) is 19.3 Å². The first-order valence-corrected chi connectivity index (χ1v) is 8.23. The van der Waals surface area contributed by atoms with E-state index in [9.17, 15) is 5.26 Å². The van der Waals surface area contributed by atoms with Crippen LogP contribution in [0.25, 0.3) is 5.57 Å². The minimum atomic E-state index is 0.250. The third-order valence-corrected chi connectivity index (χ3v) is 4.38. The fraction of sp³-hybridized carbons (Fsp3) is 0.375. The molecule has 3 rings (SSSR count). The van der Waals surface area contributed by atoms with Crippen LogP contribution in [0.2, 0.25) is 5.02 Å². The Hall–Kier alpha value is -2.59. The summed E-state index contributed by atoms with van der Waals surface area (Å²) in [7, 11) is 0. The van der Waals surface area contributed by atoms with Gasteiger partial charge in [0.25, 0.3) is 0 Å². The molecule has 0 bridgehead atoms. The van der Waals surface area contributed by atoms with Crippen molar-refractivity contribution in [2.24, 2.45) is 0 Å². The van der Waals surface area contributed by atoms with Gasteiger partial charge < -0.3 is 10.2 Å². The van der Waals surface area contributed by atoms with Crippen LogP contribution in [0, 0.1) is 11.3 Å². The van der Waals surface area contributed by atoms with Crippen molar-refractivity contribution < 1.29 is 0 Å². The molecular formula is C16H18ClN7. The largest absolute Gasteiger partial charge is 0.367 e. The zero-order chi connectivity index (χ0) is 16.9.